The lowest BCUT2D eigenvalue weighted by Crippen LogP contribution is -2.47. The first-order valence-corrected chi connectivity index (χ1v) is 35.8. The van der Waals surface area contributed by atoms with Crippen molar-refractivity contribution in [1.29, 1.82) is 0 Å². The summed E-state index contributed by atoms with van der Waals surface area (Å²) in [7, 11) is 1.49. The lowest BCUT2D eigenvalue weighted by molar-refractivity contribution is -0.870. The average Bonchev–Trinajstić information content (AvgIpc) is 3.44. The van der Waals surface area contributed by atoms with E-state index in [1.807, 2.05) is 33.3 Å². The van der Waals surface area contributed by atoms with Gasteiger partial charge in [0, 0.05) is 12.8 Å². The second-order valence-corrected chi connectivity index (χ2v) is 25.8. The van der Waals surface area contributed by atoms with Gasteiger partial charge in [-0.25, -0.2) is 4.57 Å². The summed E-state index contributed by atoms with van der Waals surface area (Å²) >= 11 is 0. The number of ether oxygens (including phenoxy) is 1. The van der Waals surface area contributed by atoms with Gasteiger partial charge >= 0.3 is 13.8 Å². The molecular weight excluding hydrogens is 1020 g/mol. The number of allylic oxidation sites excluding steroid dienone is 11. The van der Waals surface area contributed by atoms with Crippen molar-refractivity contribution in [3.05, 3.63) is 72.9 Å². The molecule has 0 heterocycles. The number of amides is 1. The fourth-order valence-corrected chi connectivity index (χ4v) is 10.6. The third kappa shape index (κ3) is 61.8. The molecule has 0 aliphatic heterocycles. The smallest absolute Gasteiger partial charge is 0.456 e. The van der Waals surface area contributed by atoms with Crippen molar-refractivity contribution in [1.82, 2.24) is 5.32 Å². The van der Waals surface area contributed by atoms with Gasteiger partial charge in [0.15, 0.2) is 0 Å². The molecule has 0 radical (unpaired) electrons. The quantitative estimate of drug-likeness (QED) is 0.0156. The fourth-order valence-electron chi connectivity index (χ4n) is 9.91. The minimum absolute atomic E-state index is 0.0367. The van der Waals surface area contributed by atoms with E-state index in [0.29, 0.717) is 17.4 Å². The van der Waals surface area contributed by atoms with Crippen LogP contribution in [0.15, 0.2) is 72.9 Å². The number of nitrogens with zero attached hydrogens (tertiary/aromatic N) is 1. The predicted molar refractivity (Wildman–Crippen MR) is 351 cm³/mol. The van der Waals surface area contributed by atoms with Crippen LogP contribution in [0.3, 0.4) is 0 Å². The van der Waals surface area contributed by atoms with Crippen molar-refractivity contribution in [2.24, 2.45) is 0 Å². The van der Waals surface area contributed by atoms with Crippen LogP contribution in [0.25, 0.3) is 0 Å². The molecule has 81 heavy (non-hydrogen) atoms. The van der Waals surface area contributed by atoms with Crippen LogP contribution in [0.4, 0.5) is 0 Å². The summed E-state index contributed by atoms with van der Waals surface area (Å²) in [6.07, 6.45) is 79.1. The maximum atomic E-state index is 13.6. The summed E-state index contributed by atoms with van der Waals surface area (Å²) in [5.41, 5.74) is 0. The molecule has 472 valence electrons. The van der Waals surface area contributed by atoms with Gasteiger partial charge in [0.2, 0.25) is 5.91 Å². The third-order valence-corrected chi connectivity index (χ3v) is 16.2. The topological polar surface area (TPSA) is 111 Å². The summed E-state index contributed by atoms with van der Waals surface area (Å²) in [6.45, 7) is 6.88. The van der Waals surface area contributed by atoms with Gasteiger partial charge in [-0.2, -0.15) is 0 Å². The summed E-state index contributed by atoms with van der Waals surface area (Å²) < 4.78 is 30.8. The third-order valence-electron chi connectivity index (χ3n) is 15.2. The lowest BCUT2D eigenvalue weighted by atomic mass is 10.0. The number of carbonyl (C=O) groups is 2. The van der Waals surface area contributed by atoms with Gasteiger partial charge in [0.1, 0.15) is 19.3 Å². The Kier molecular flexibility index (Phi) is 58.7. The number of hydrogen-bond donors (Lipinski definition) is 2. The Balaban J connectivity index is 5.04. The van der Waals surface area contributed by atoms with Crippen LogP contribution in [0.5, 0.6) is 0 Å². The number of esters is 1. The summed E-state index contributed by atoms with van der Waals surface area (Å²) in [6, 6.07) is -0.856. The van der Waals surface area contributed by atoms with E-state index in [4.69, 9.17) is 13.8 Å². The normalized spacial score (nSPS) is 14.0. The Labute approximate surface area is 502 Å². The van der Waals surface area contributed by atoms with Crippen LogP contribution in [0.1, 0.15) is 316 Å². The lowest BCUT2D eigenvalue weighted by Gasteiger charge is -2.27. The Hall–Kier alpha value is -2.55. The monoisotopic (exact) mass is 1160 g/mol. The van der Waals surface area contributed by atoms with Crippen LogP contribution in [-0.2, 0) is 27.9 Å². The molecule has 0 aliphatic carbocycles. The first-order chi connectivity index (χ1) is 39.4. The number of carbonyl (C=O) groups excluding carboxylic acids is 2. The van der Waals surface area contributed by atoms with Gasteiger partial charge < -0.3 is 19.4 Å². The van der Waals surface area contributed by atoms with Crippen LogP contribution in [-0.4, -0.2) is 74.3 Å². The largest absolute Gasteiger partial charge is 0.472 e. The summed E-state index contributed by atoms with van der Waals surface area (Å²) in [4.78, 5) is 37.8. The first-order valence-electron chi connectivity index (χ1n) is 34.3. The van der Waals surface area contributed by atoms with E-state index >= 15 is 0 Å². The SMILES string of the molecule is CC/C=C/C=C/C=C/CCCCCCCCCC(=O)NC(COP(=O)(O)OCC[N+](C)(C)C)C(/C=C\CCCCCCCCCCCCC)OC(=O)CCCCCCCCCCCCCCCCCCC/C=C\C/C=C\CCCCC. The van der Waals surface area contributed by atoms with E-state index in [0.717, 1.165) is 83.5 Å². The number of unbranched alkanes of at least 4 members (excludes halogenated alkanes) is 38. The van der Waals surface area contributed by atoms with Crippen LogP contribution >= 0.6 is 7.82 Å². The molecular formula is C71H132N2O7P+. The molecule has 0 bridgehead atoms. The van der Waals surface area contributed by atoms with E-state index < -0.39 is 20.0 Å². The fraction of sp³-hybridized carbons (Fsp3) is 0.803. The first kappa shape index (κ1) is 78.5. The van der Waals surface area contributed by atoms with Crippen LogP contribution < -0.4 is 5.32 Å². The number of hydrogen-bond acceptors (Lipinski definition) is 6. The van der Waals surface area contributed by atoms with E-state index in [2.05, 4.69) is 86.8 Å². The number of likely N-dealkylation sites (N-methyl/N-ethyl adjacent to an activating group) is 1. The minimum Gasteiger partial charge on any atom is -0.456 e. The highest BCUT2D eigenvalue weighted by Crippen LogP contribution is 2.43. The second-order valence-electron chi connectivity index (χ2n) is 24.4. The Morgan fingerprint density at radius 2 is 0.840 bits per heavy atom. The molecule has 0 aromatic carbocycles. The van der Waals surface area contributed by atoms with Gasteiger partial charge in [0.25, 0.3) is 0 Å². The standard InChI is InChI=1S/C71H131N2O7P/c1-7-10-13-16-19-22-25-28-30-31-32-33-34-35-36-37-38-39-40-41-43-46-49-52-55-58-61-64-71(75)80-69(62-59-56-53-50-47-44-27-24-21-18-15-12-9-3)68(67-79-81(76,77)78-66-65-73(4,5)6)72-70(74)63-60-57-54-51-48-45-42-29-26-23-20-17-14-11-8-2/h11,14,17,19-20,22-23,26,28,30,59,62,68-69H,7-10,12-13,15-16,18,21,24-25,27,29,31-58,60-61,63-67H2,1-6H3,(H-,72,74,76,77)/p+1/b14-11+,20-17+,22-19-,26-23+,30-28-,62-59-. The highest BCUT2D eigenvalue weighted by Gasteiger charge is 2.30. The zero-order valence-electron chi connectivity index (χ0n) is 54.0. The average molecular weight is 1160 g/mol. The highest BCUT2D eigenvalue weighted by molar-refractivity contribution is 7.47. The molecule has 2 N–H and O–H groups in total. The van der Waals surface area contributed by atoms with Crippen molar-refractivity contribution in [3.63, 3.8) is 0 Å². The van der Waals surface area contributed by atoms with Gasteiger partial charge in [-0.15, -0.1) is 0 Å². The maximum Gasteiger partial charge on any atom is 0.472 e. The predicted octanol–water partition coefficient (Wildman–Crippen LogP) is 21.6. The highest BCUT2D eigenvalue weighted by atomic mass is 31.2. The van der Waals surface area contributed by atoms with E-state index in [-0.39, 0.29) is 31.5 Å². The molecule has 0 aromatic rings. The molecule has 1 amide bonds. The van der Waals surface area contributed by atoms with Crippen LogP contribution in [0, 0.1) is 0 Å². The maximum absolute atomic E-state index is 13.6. The second kappa shape index (κ2) is 60.6. The van der Waals surface area contributed by atoms with Gasteiger partial charge in [0.05, 0.1) is 33.8 Å². The Morgan fingerprint density at radius 3 is 1.30 bits per heavy atom. The molecule has 0 saturated heterocycles. The summed E-state index contributed by atoms with van der Waals surface area (Å²) in [5.74, 6) is -0.510. The molecule has 0 aromatic heterocycles. The van der Waals surface area contributed by atoms with Gasteiger partial charge in [-0.05, 0) is 83.1 Å². The van der Waals surface area contributed by atoms with Gasteiger partial charge in [-0.1, -0.05) is 293 Å². The number of nitrogens with one attached hydrogen (secondary N) is 1. The molecule has 3 unspecified atom stereocenters. The molecule has 0 saturated carbocycles. The Bertz CT molecular complexity index is 1620. The van der Waals surface area contributed by atoms with E-state index in [1.54, 1.807) is 0 Å². The molecule has 0 aliphatic rings. The van der Waals surface area contributed by atoms with E-state index in [1.165, 1.54) is 199 Å². The molecule has 3 atom stereocenters. The van der Waals surface area contributed by atoms with Crippen molar-refractivity contribution in [2.75, 3.05) is 40.9 Å². The Morgan fingerprint density at radius 1 is 0.457 bits per heavy atom. The van der Waals surface area contributed by atoms with Crippen molar-refractivity contribution in [2.45, 2.75) is 328 Å². The minimum atomic E-state index is -4.46. The number of phosphoric ester groups is 1. The zero-order valence-corrected chi connectivity index (χ0v) is 54.9. The van der Waals surface area contributed by atoms with Gasteiger partial charge in [-0.3, -0.25) is 18.6 Å². The number of phosphoric acid groups is 1. The number of rotatable bonds is 62. The zero-order chi connectivity index (χ0) is 59.3. The molecule has 9 nitrogen and oxygen atoms in total. The summed E-state index contributed by atoms with van der Waals surface area (Å²) in [5, 5.41) is 3.06. The molecule has 0 fully saturated rings. The van der Waals surface area contributed by atoms with Crippen molar-refractivity contribution >= 4 is 19.7 Å². The van der Waals surface area contributed by atoms with Crippen LogP contribution in [0.2, 0.25) is 0 Å². The number of quaternary nitrogens is 1. The van der Waals surface area contributed by atoms with Crippen molar-refractivity contribution < 1.29 is 37.3 Å². The molecule has 0 rings (SSSR count). The molecule has 10 heteroatoms. The van der Waals surface area contributed by atoms with Crippen molar-refractivity contribution in [3.8, 4) is 0 Å². The van der Waals surface area contributed by atoms with E-state index in [9.17, 15) is 19.0 Å². The molecule has 0 spiro atoms.